The van der Waals surface area contributed by atoms with E-state index < -0.39 is 10.0 Å². The molecule has 90 valence electrons. The van der Waals surface area contributed by atoms with Gasteiger partial charge in [0.25, 0.3) is 0 Å². The molecule has 0 aliphatic heterocycles. The monoisotopic (exact) mass is 235 g/mol. The van der Waals surface area contributed by atoms with Crippen LogP contribution in [0.25, 0.3) is 0 Å². The van der Waals surface area contributed by atoms with E-state index >= 15 is 0 Å². The number of hydrogen-bond acceptors (Lipinski definition) is 3. The van der Waals surface area contributed by atoms with Crippen LogP contribution in [0, 0.1) is 0 Å². The molecule has 1 N–H and O–H groups in total. The molecule has 0 aromatic carbocycles. The largest absolute Gasteiger partial charge is 0.381 e. The molecular weight excluding hydrogens is 214 g/mol. The van der Waals surface area contributed by atoms with Crippen molar-refractivity contribution >= 4 is 10.0 Å². The van der Waals surface area contributed by atoms with E-state index in [1.54, 1.807) is 7.11 Å². The summed E-state index contributed by atoms with van der Waals surface area (Å²) in [5.41, 5.74) is 0. The minimum absolute atomic E-state index is 0.0804. The maximum Gasteiger partial charge on any atom is 0.211 e. The topological polar surface area (TPSA) is 55.4 Å². The molecule has 0 bridgehead atoms. The highest BCUT2D eigenvalue weighted by atomic mass is 32.2. The van der Waals surface area contributed by atoms with Crippen LogP contribution in [0.15, 0.2) is 0 Å². The summed E-state index contributed by atoms with van der Waals surface area (Å²) in [6, 6.07) is 0.0804. The highest BCUT2D eigenvalue weighted by Crippen LogP contribution is 2.22. The lowest BCUT2D eigenvalue weighted by Crippen LogP contribution is -2.35. The zero-order valence-electron chi connectivity index (χ0n) is 9.53. The van der Waals surface area contributed by atoms with Crippen LogP contribution in [-0.2, 0) is 14.8 Å². The molecule has 1 rings (SSSR count). The van der Waals surface area contributed by atoms with E-state index in [4.69, 9.17) is 4.74 Å². The maximum absolute atomic E-state index is 11.6. The third-order valence-corrected chi connectivity index (χ3v) is 4.35. The highest BCUT2D eigenvalue weighted by Gasteiger charge is 2.27. The first kappa shape index (κ1) is 12.9. The summed E-state index contributed by atoms with van der Waals surface area (Å²) in [4.78, 5) is 0. The number of rotatable bonds is 6. The van der Waals surface area contributed by atoms with Crippen molar-refractivity contribution in [3.63, 3.8) is 0 Å². The first-order chi connectivity index (χ1) is 7.07. The quantitative estimate of drug-likeness (QED) is 0.754. The Morgan fingerprint density at radius 2 is 2.13 bits per heavy atom. The number of sulfonamides is 1. The van der Waals surface area contributed by atoms with Crippen LogP contribution >= 0.6 is 0 Å². The average Bonchev–Trinajstić information content (AvgIpc) is 2.62. The van der Waals surface area contributed by atoms with Gasteiger partial charge in [-0.15, -0.1) is 0 Å². The van der Waals surface area contributed by atoms with E-state index in [2.05, 4.69) is 4.72 Å². The van der Waals surface area contributed by atoms with E-state index in [9.17, 15) is 8.42 Å². The van der Waals surface area contributed by atoms with Crippen LogP contribution in [-0.4, -0.2) is 33.4 Å². The molecule has 4 nitrogen and oxygen atoms in total. The molecular formula is C10H21NO3S. The maximum atomic E-state index is 11.6. The van der Waals surface area contributed by atoms with Crippen LogP contribution in [0.3, 0.4) is 0 Å². The van der Waals surface area contributed by atoms with E-state index in [1.807, 2.05) is 6.92 Å². The van der Waals surface area contributed by atoms with Crippen LogP contribution in [0.2, 0.25) is 0 Å². The first-order valence-corrected chi connectivity index (χ1v) is 7.25. The van der Waals surface area contributed by atoms with E-state index in [0.29, 0.717) is 0 Å². The van der Waals surface area contributed by atoms with E-state index in [0.717, 1.165) is 32.1 Å². The van der Waals surface area contributed by atoms with Crippen molar-refractivity contribution in [1.29, 1.82) is 0 Å². The molecule has 0 saturated heterocycles. The standard InChI is InChI=1S/C10H21NO3S/c1-3-4-7-15(12,13)11-9-5-6-10(8-9)14-2/h9-11H,3-8H2,1-2H3. The summed E-state index contributed by atoms with van der Waals surface area (Å²) < 4.78 is 31.1. The van der Waals surface area contributed by atoms with Crippen molar-refractivity contribution in [2.45, 2.75) is 51.2 Å². The van der Waals surface area contributed by atoms with Crippen molar-refractivity contribution in [1.82, 2.24) is 4.72 Å². The van der Waals surface area contributed by atoms with Gasteiger partial charge >= 0.3 is 0 Å². The average molecular weight is 235 g/mol. The Bertz CT molecular complexity index is 276. The predicted molar refractivity (Wildman–Crippen MR) is 60.3 cm³/mol. The van der Waals surface area contributed by atoms with E-state index in [-0.39, 0.29) is 17.9 Å². The SMILES string of the molecule is CCCCS(=O)(=O)NC1CCC(OC)C1. The van der Waals surface area contributed by atoms with Gasteiger partial charge in [-0.3, -0.25) is 0 Å². The minimum atomic E-state index is -3.06. The Morgan fingerprint density at radius 3 is 2.67 bits per heavy atom. The summed E-state index contributed by atoms with van der Waals surface area (Å²) in [6.45, 7) is 1.99. The van der Waals surface area contributed by atoms with Gasteiger partial charge in [0.2, 0.25) is 10.0 Å². The molecule has 2 atom stereocenters. The number of unbranched alkanes of at least 4 members (excludes halogenated alkanes) is 1. The van der Waals surface area contributed by atoms with Crippen molar-refractivity contribution in [2.24, 2.45) is 0 Å². The Kier molecular flexibility index (Phi) is 5.02. The zero-order chi connectivity index (χ0) is 11.3. The van der Waals surface area contributed by atoms with Gasteiger partial charge in [0, 0.05) is 13.2 Å². The lowest BCUT2D eigenvalue weighted by Gasteiger charge is -2.12. The molecule has 0 spiro atoms. The fourth-order valence-electron chi connectivity index (χ4n) is 1.91. The second-order valence-electron chi connectivity index (χ2n) is 4.16. The van der Waals surface area contributed by atoms with Gasteiger partial charge in [-0.05, 0) is 25.7 Å². The molecule has 1 aliphatic rings. The molecule has 0 aromatic heterocycles. The van der Waals surface area contributed by atoms with Crippen molar-refractivity contribution in [2.75, 3.05) is 12.9 Å². The first-order valence-electron chi connectivity index (χ1n) is 5.60. The zero-order valence-corrected chi connectivity index (χ0v) is 10.3. The number of methoxy groups -OCH3 is 1. The summed E-state index contributed by atoms with van der Waals surface area (Å²) in [5.74, 6) is 0.248. The molecule has 1 fully saturated rings. The van der Waals surface area contributed by atoms with Gasteiger partial charge < -0.3 is 4.74 Å². The molecule has 0 heterocycles. The summed E-state index contributed by atoms with van der Waals surface area (Å²) >= 11 is 0. The Morgan fingerprint density at radius 1 is 1.40 bits per heavy atom. The smallest absolute Gasteiger partial charge is 0.211 e. The lowest BCUT2D eigenvalue weighted by atomic mass is 10.3. The van der Waals surface area contributed by atoms with E-state index in [1.165, 1.54) is 0 Å². The second kappa shape index (κ2) is 5.82. The van der Waals surface area contributed by atoms with Gasteiger partial charge in [0.1, 0.15) is 0 Å². The normalized spacial score (nSPS) is 27.1. The van der Waals surface area contributed by atoms with Crippen molar-refractivity contribution in [3.05, 3.63) is 0 Å². The highest BCUT2D eigenvalue weighted by molar-refractivity contribution is 7.89. The minimum Gasteiger partial charge on any atom is -0.381 e. The number of nitrogens with one attached hydrogen (secondary N) is 1. The van der Waals surface area contributed by atoms with Crippen LogP contribution in [0.1, 0.15) is 39.0 Å². The molecule has 0 amide bonds. The van der Waals surface area contributed by atoms with Crippen LogP contribution in [0.4, 0.5) is 0 Å². The van der Waals surface area contributed by atoms with Crippen LogP contribution in [0.5, 0.6) is 0 Å². The molecule has 1 aliphatic carbocycles. The molecule has 5 heteroatoms. The number of hydrogen-bond donors (Lipinski definition) is 1. The summed E-state index contributed by atoms with van der Waals surface area (Å²) in [6.07, 6.45) is 4.52. The Hall–Kier alpha value is -0.130. The Balaban J connectivity index is 2.35. The molecule has 15 heavy (non-hydrogen) atoms. The molecule has 2 unspecified atom stereocenters. The second-order valence-corrected chi connectivity index (χ2v) is 6.03. The lowest BCUT2D eigenvalue weighted by molar-refractivity contribution is 0.107. The van der Waals surface area contributed by atoms with Gasteiger partial charge in [-0.2, -0.15) is 0 Å². The Labute approximate surface area is 92.4 Å². The number of ether oxygens (including phenoxy) is 1. The van der Waals surface area contributed by atoms with Gasteiger partial charge in [-0.1, -0.05) is 13.3 Å². The van der Waals surface area contributed by atoms with Crippen LogP contribution < -0.4 is 4.72 Å². The fourth-order valence-corrected chi connectivity index (χ4v) is 3.42. The predicted octanol–water partition coefficient (Wildman–Crippen LogP) is 1.27. The molecule has 0 radical (unpaired) electrons. The fraction of sp³-hybridized carbons (Fsp3) is 1.00. The van der Waals surface area contributed by atoms with Gasteiger partial charge in [-0.25, -0.2) is 13.1 Å². The summed E-state index contributed by atoms with van der Waals surface area (Å²) in [7, 11) is -1.39. The van der Waals surface area contributed by atoms with Crippen molar-refractivity contribution in [3.8, 4) is 0 Å². The third kappa shape index (κ3) is 4.49. The summed E-state index contributed by atoms with van der Waals surface area (Å²) in [5, 5.41) is 0. The van der Waals surface area contributed by atoms with Gasteiger partial charge in [0.05, 0.1) is 11.9 Å². The van der Waals surface area contributed by atoms with Gasteiger partial charge in [0.15, 0.2) is 0 Å². The molecule has 0 aromatic rings. The third-order valence-electron chi connectivity index (χ3n) is 2.83. The molecule has 1 saturated carbocycles. The van der Waals surface area contributed by atoms with Crippen molar-refractivity contribution < 1.29 is 13.2 Å².